The van der Waals surface area contributed by atoms with Gasteiger partial charge in [-0.05, 0) is 41.3 Å². The van der Waals surface area contributed by atoms with Gasteiger partial charge in [0.2, 0.25) is 11.8 Å². The van der Waals surface area contributed by atoms with E-state index in [1.54, 1.807) is 23.5 Å². The molecular weight excluding hydrogens is 406 g/mol. The van der Waals surface area contributed by atoms with Gasteiger partial charge in [-0.3, -0.25) is 9.59 Å². The van der Waals surface area contributed by atoms with Crippen LogP contribution in [0.5, 0.6) is 0 Å². The summed E-state index contributed by atoms with van der Waals surface area (Å²) in [6.45, 7) is 0.313. The summed E-state index contributed by atoms with van der Waals surface area (Å²) < 4.78 is 0. The number of nitrogens with one attached hydrogen (secondary N) is 1. The first-order valence-electron chi connectivity index (χ1n) is 9.12. The standard InChI is InChI=1S/C22H18ClN3O2S/c23-16-9-7-15(8-10-16)13-24-21(27)14-26-19-5-2-1-4-17(19)25-18(12-22(26)28)20-6-3-11-29-20/h1-11H,12-14H2,(H,24,27). The maximum absolute atomic E-state index is 13.0. The molecule has 7 heteroatoms. The number of hydrogen-bond acceptors (Lipinski definition) is 4. The zero-order chi connectivity index (χ0) is 20.2. The molecule has 1 aromatic heterocycles. The molecule has 1 aliphatic rings. The highest BCUT2D eigenvalue weighted by Crippen LogP contribution is 2.33. The van der Waals surface area contributed by atoms with Gasteiger partial charge in [0.15, 0.2) is 0 Å². The van der Waals surface area contributed by atoms with Gasteiger partial charge >= 0.3 is 0 Å². The summed E-state index contributed by atoms with van der Waals surface area (Å²) in [5, 5.41) is 5.47. The van der Waals surface area contributed by atoms with Crippen LogP contribution in [0.15, 0.2) is 71.0 Å². The van der Waals surface area contributed by atoms with Gasteiger partial charge in [0.05, 0.1) is 23.5 Å². The van der Waals surface area contributed by atoms with Crippen molar-refractivity contribution >= 4 is 51.8 Å². The number of hydrogen-bond donors (Lipinski definition) is 1. The van der Waals surface area contributed by atoms with Gasteiger partial charge in [0.1, 0.15) is 6.54 Å². The van der Waals surface area contributed by atoms with Gasteiger partial charge in [-0.15, -0.1) is 11.3 Å². The Morgan fingerprint density at radius 2 is 1.90 bits per heavy atom. The molecule has 0 fully saturated rings. The average molecular weight is 424 g/mol. The molecule has 2 amide bonds. The fourth-order valence-electron chi connectivity index (χ4n) is 3.11. The largest absolute Gasteiger partial charge is 0.350 e. The van der Waals surface area contributed by atoms with E-state index in [0.29, 0.717) is 22.9 Å². The number of benzene rings is 2. The highest BCUT2D eigenvalue weighted by molar-refractivity contribution is 7.12. The molecule has 146 valence electrons. The SMILES string of the molecule is O=C(CN1C(=O)CC(c2cccs2)=Nc2ccccc21)NCc1ccc(Cl)cc1. The molecule has 2 aromatic carbocycles. The van der Waals surface area contributed by atoms with E-state index in [0.717, 1.165) is 16.2 Å². The number of aliphatic imine (C=N–C) groups is 1. The van der Waals surface area contributed by atoms with Crippen molar-refractivity contribution in [2.24, 2.45) is 4.99 Å². The van der Waals surface area contributed by atoms with Crippen LogP contribution in [0.1, 0.15) is 16.9 Å². The van der Waals surface area contributed by atoms with Crippen molar-refractivity contribution in [2.45, 2.75) is 13.0 Å². The van der Waals surface area contributed by atoms with Crippen molar-refractivity contribution in [1.29, 1.82) is 0 Å². The van der Waals surface area contributed by atoms with Crippen molar-refractivity contribution in [3.63, 3.8) is 0 Å². The molecular formula is C22H18ClN3O2S. The van der Waals surface area contributed by atoms with Crippen LogP contribution >= 0.6 is 22.9 Å². The summed E-state index contributed by atoms with van der Waals surface area (Å²) in [6.07, 6.45) is 0.152. The Bertz CT molecular complexity index is 1060. The number of anilines is 1. The molecule has 0 aliphatic carbocycles. The number of halogens is 1. The summed E-state index contributed by atoms with van der Waals surface area (Å²) in [5.74, 6) is -0.383. The summed E-state index contributed by atoms with van der Waals surface area (Å²) in [4.78, 5) is 32.7. The third-order valence-electron chi connectivity index (χ3n) is 4.56. The first kappa shape index (κ1) is 19.4. The van der Waals surface area contributed by atoms with Gasteiger partial charge < -0.3 is 10.2 Å². The summed E-state index contributed by atoms with van der Waals surface area (Å²) in [7, 11) is 0. The minimum absolute atomic E-state index is 0.0589. The van der Waals surface area contributed by atoms with Crippen molar-refractivity contribution in [3.8, 4) is 0 Å². The fourth-order valence-corrected chi connectivity index (χ4v) is 3.95. The van der Waals surface area contributed by atoms with E-state index in [1.165, 1.54) is 4.90 Å². The number of carbonyl (C=O) groups is 2. The number of para-hydroxylation sites is 2. The predicted octanol–water partition coefficient (Wildman–Crippen LogP) is 4.58. The lowest BCUT2D eigenvalue weighted by Gasteiger charge is -2.21. The van der Waals surface area contributed by atoms with E-state index >= 15 is 0 Å². The summed E-state index contributed by atoms with van der Waals surface area (Å²) in [5.41, 5.74) is 2.99. The zero-order valence-electron chi connectivity index (χ0n) is 15.5. The first-order chi connectivity index (χ1) is 14.1. The van der Waals surface area contributed by atoms with Crippen LogP contribution < -0.4 is 10.2 Å². The molecule has 0 spiro atoms. The van der Waals surface area contributed by atoms with Gasteiger partial charge in [-0.2, -0.15) is 0 Å². The maximum Gasteiger partial charge on any atom is 0.240 e. The molecule has 5 nitrogen and oxygen atoms in total. The lowest BCUT2D eigenvalue weighted by Crippen LogP contribution is -2.40. The molecule has 0 unspecified atom stereocenters. The van der Waals surface area contributed by atoms with E-state index in [4.69, 9.17) is 16.6 Å². The van der Waals surface area contributed by atoms with Crippen LogP contribution in [0.25, 0.3) is 0 Å². The second-order valence-corrected chi connectivity index (χ2v) is 7.97. The third kappa shape index (κ3) is 4.55. The molecule has 4 rings (SSSR count). The Balaban J connectivity index is 1.51. The summed E-state index contributed by atoms with van der Waals surface area (Å²) >= 11 is 7.44. The average Bonchev–Trinajstić information content (AvgIpc) is 3.22. The van der Waals surface area contributed by atoms with E-state index in [1.807, 2.05) is 53.9 Å². The molecule has 0 radical (unpaired) electrons. The van der Waals surface area contributed by atoms with Crippen molar-refractivity contribution in [2.75, 3.05) is 11.4 Å². The van der Waals surface area contributed by atoms with Crippen molar-refractivity contribution < 1.29 is 9.59 Å². The van der Waals surface area contributed by atoms with Crippen molar-refractivity contribution in [3.05, 3.63) is 81.5 Å². The van der Waals surface area contributed by atoms with E-state index in [9.17, 15) is 9.59 Å². The Hall–Kier alpha value is -2.96. The monoisotopic (exact) mass is 423 g/mol. The quantitative estimate of drug-likeness (QED) is 0.653. The van der Waals surface area contributed by atoms with Crippen LogP contribution in [0.2, 0.25) is 5.02 Å². The number of fused-ring (bicyclic) bond motifs is 1. The second kappa shape index (κ2) is 8.59. The van der Waals surface area contributed by atoms with Gasteiger partial charge in [0.25, 0.3) is 0 Å². The van der Waals surface area contributed by atoms with Gasteiger partial charge in [-0.25, -0.2) is 4.99 Å². The predicted molar refractivity (Wildman–Crippen MR) is 117 cm³/mol. The van der Waals surface area contributed by atoms with Crippen LogP contribution in [-0.4, -0.2) is 24.1 Å². The topological polar surface area (TPSA) is 61.8 Å². The maximum atomic E-state index is 13.0. The summed E-state index contributed by atoms with van der Waals surface area (Å²) in [6, 6.07) is 18.6. The molecule has 1 N–H and O–H groups in total. The number of nitrogens with zero attached hydrogens (tertiary/aromatic N) is 2. The smallest absolute Gasteiger partial charge is 0.240 e. The van der Waals surface area contributed by atoms with Crippen LogP contribution in [-0.2, 0) is 16.1 Å². The molecule has 29 heavy (non-hydrogen) atoms. The minimum Gasteiger partial charge on any atom is -0.350 e. The first-order valence-corrected chi connectivity index (χ1v) is 10.4. The second-order valence-electron chi connectivity index (χ2n) is 6.58. The van der Waals surface area contributed by atoms with Crippen LogP contribution in [0.3, 0.4) is 0 Å². The number of amides is 2. The Morgan fingerprint density at radius 1 is 1.10 bits per heavy atom. The number of rotatable bonds is 5. The Kier molecular flexibility index (Phi) is 5.74. The van der Waals surface area contributed by atoms with Crippen LogP contribution in [0, 0.1) is 0 Å². The van der Waals surface area contributed by atoms with E-state index < -0.39 is 0 Å². The van der Waals surface area contributed by atoms with E-state index in [2.05, 4.69) is 5.32 Å². The number of thiophene rings is 1. The molecule has 3 aromatic rings. The normalized spacial score (nSPS) is 13.5. The molecule has 1 aliphatic heterocycles. The van der Waals surface area contributed by atoms with Crippen molar-refractivity contribution in [1.82, 2.24) is 5.32 Å². The van der Waals surface area contributed by atoms with Gasteiger partial charge in [0, 0.05) is 16.4 Å². The minimum atomic E-state index is -0.234. The fraction of sp³-hybridized carbons (Fsp3) is 0.136. The molecule has 0 saturated carbocycles. The molecule has 0 atom stereocenters. The Labute approximate surface area is 177 Å². The van der Waals surface area contributed by atoms with Crippen LogP contribution in [0.4, 0.5) is 11.4 Å². The lowest BCUT2D eigenvalue weighted by molar-refractivity contribution is -0.123. The lowest BCUT2D eigenvalue weighted by atomic mass is 10.2. The number of carbonyl (C=O) groups excluding carboxylic acids is 2. The molecule has 0 bridgehead atoms. The van der Waals surface area contributed by atoms with E-state index in [-0.39, 0.29) is 24.8 Å². The highest BCUT2D eigenvalue weighted by atomic mass is 35.5. The highest BCUT2D eigenvalue weighted by Gasteiger charge is 2.26. The Morgan fingerprint density at radius 3 is 2.66 bits per heavy atom. The molecule has 2 heterocycles. The zero-order valence-corrected chi connectivity index (χ0v) is 17.0. The van der Waals surface area contributed by atoms with Gasteiger partial charge in [-0.1, -0.05) is 41.9 Å². The molecule has 0 saturated heterocycles. The third-order valence-corrected chi connectivity index (χ3v) is 5.73.